The standard InChI is InChI=1S/C21H30FN5O2/c1-20(2)10-14(11-21(3,4)27(20)5)24-18-17(22)12-23-19(26-18)25-13-7-15(28)9-16(8-13)29-6/h7-9,12,14,28H,10-11H2,1-6H3,(H2,23,24,25,26). The van der Waals surface area contributed by atoms with Gasteiger partial charge in [0.1, 0.15) is 11.5 Å². The van der Waals surface area contributed by atoms with Crippen LogP contribution in [0.3, 0.4) is 0 Å². The third-order valence-electron chi connectivity index (χ3n) is 5.78. The van der Waals surface area contributed by atoms with Crippen LogP contribution in [0.5, 0.6) is 11.5 Å². The number of benzene rings is 1. The maximum Gasteiger partial charge on any atom is 0.229 e. The lowest BCUT2D eigenvalue weighted by atomic mass is 9.77. The minimum absolute atomic E-state index is 0.0257. The highest BCUT2D eigenvalue weighted by Gasteiger charge is 2.43. The van der Waals surface area contributed by atoms with Crippen molar-refractivity contribution in [2.75, 3.05) is 24.8 Å². The molecule has 0 spiro atoms. The van der Waals surface area contributed by atoms with E-state index in [1.807, 2.05) is 0 Å². The first-order valence-electron chi connectivity index (χ1n) is 9.68. The molecule has 3 rings (SSSR count). The first kappa shape index (κ1) is 21.1. The third kappa shape index (κ3) is 4.70. The van der Waals surface area contributed by atoms with E-state index in [4.69, 9.17) is 4.74 Å². The van der Waals surface area contributed by atoms with Crippen LogP contribution in [-0.4, -0.2) is 51.3 Å². The maximum absolute atomic E-state index is 14.4. The number of nitrogens with one attached hydrogen (secondary N) is 2. The number of phenolic OH excluding ortho intramolecular Hbond substituents is 1. The number of piperidine rings is 1. The number of hydrogen-bond donors (Lipinski definition) is 3. The molecule has 0 aliphatic carbocycles. The molecule has 0 bridgehead atoms. The molecule has 1 fully saturated rings. The molecule has 0 amide bonds. The molecule has 0 atom stereocenters. The maximum atomic E-state index is 14.4. The molecule has 7 nitrogen and oxygen atoms in total. The van der Waals surface area contributed by atoms with Gasteiger partial charge in [-0.25, -0.2) is 9.37 Å². The van der Waals surface area contributed by atoms with Crippen molar-refractivity contribution in [1.29, 1.82) is 0 Å². The number of likely N-dealkylation sites (tertiary alicyclic amines) is 1. The van der Waals surface area contributed by atoms with E-state index in [2.05, 4.69) is 60.2 Å². The minimum Gasteiger partial charge on any atom is -0.508 e. The molecule has 1 saturated heterocycles. The molecule has 29 heavy (non-hydrogen) atoms. The Labute approximate surface area is 171 Å². The zero-order valence-corrected chi connectivity index (χ0v) is 17.9. The normalized spacial score (nSPS) is 19.0. The molecule has 1 aliphatic heterocycles. The van der Waals surface area contributed by atoms with Gasteiger partial charge in [-0.15, -0.1) is 0 Å². The summed E-state index contributed by atoms with van der Waals surface area (Å²) >= 11 is 0. The van der Waals surface area contributed by atoms with E-state index in [9.17, 15) is 9.50 Å². The van der Waals surface area contributed by atoms with E-state index >= 15 is 0 Å². The molecule has 3 N–H and O–H groups in total. The number of hydrogen-bond acceptors (Lipinski definition) is 7. The summed E-state index contributed by atoms with van der Waals surface area (Å²) < 4.78 is 19.6. The topological polar surface area (TPSA) is 82.5 Å². The zero-order chi connectivity index (χ0) is 21.4. The molecule has 0 unspecified atom stereocenters. The molecule has 158 valence electrons. The quantitative estimate of drug-likeness (QED) is 0.692. The highest BCUT2D eigenvalue weighted by Crippen LogP contribution is 2.38. The number of ether oxygens (including phenoxy) is 1. The molecule has 0 saturated carbocycles. The molecular weight excluding hydrogens is 373 g/mol. The highest BCUT2D eigenvalue weighted by molar-refractivity contribution is 5.60. The number of phenols is 1. The summed E-state index contributed by atoms with van der Waals surface area (Å²) in [6, 6.07) is 4.79. The Morgan fingerprint density at radius 1 is 1.17 bits per heavy atom. The van der Waals surface area contributed by atoms with Crippen LogP contribution in [-0.2, 0) is 0 Å². The highest BCUT2D eigenvalue weighted by atomic mass is 19.1. The van der Waals surface area contributed by atoms with Gasteiger partial charge in [0.2, 0.25) is 5.95 Å². The summed E-state index contributed by atoms with van der Waals surface area (Å²) in [5.41, 5.74) is 0.491. The number of anilines is 3. The monoisotopic (exact) mass is 403 g/mol. The predicted octanol–water partition coefficient (Wildman–Crippen LogP) is 4.14. The molecule has 0 radical (unpaired) electrons. The Bertz CT molecular complexity index is 869. The first-order valence-corrected chi connectivity index (χ1v) is 9.68. The summed E-state index contributed by atoms with van der Waals surface area (Å²) in [6.45, 7) is 8.78. The van der Waals surface area contributed by atoms with E-state index in [1.54, 1.807) is 6.07 Å². The number of nitrogens with zero attached hydrogens (tertiary/aromatic N) is 3. The van der Waals surface area contributed by atoms with Crippen molar-refractivity contribution in [2.45, 2.75) is 57.7 Å². The SMILES string of the molecule is COc1cc(O)cc(Nc2ncc(F)c(NC3CC(C)(C)N(C)C(C)(C)C3)n2)c1. The fraction of sp³-hybridized carbons (Fsp3) is 0.524. The van der Waals surface area contributed by atoms with Crippen LogP contribution in [0.15, 0.2) is 24.4 Å². The molecule has 8 heteroatoms. The average Bonchev–Trinajstić information content (AvgIpc) is 2.61. The van der Waals surface area contributed by atoms with E-state index in [-0.39, 0.29) is 34.6 Å². The van der Waals surface area contributed by atoms with Crippen molar-refractivity contribution >= 4 is 17.5 Å². The fourth-order valence-corrected chi connectivity index (χ4v) is 4.10. The number of rotatable bonds is 5. The van der Waals surface area contributed by atoms with Crippen molar-refractivity contribution in [3.63, 3.8) is 0 Å². The number of methoxy groups -OCH3 is 1. The number of aromatic nitrogens is 2. The molecule has 2 heterocycles. The van der Waals surface area contributed by atoms with E-state index in [1.165, 1.54) is 19.2 Å². The molecule has 1 aromatic carbocycles. The Morgan fingerprint density at radius 3 is 2.45 bits per heavy atom. The number of halogens is 1. The lowest BCUT2D eigenvalue weighted by Gasteiger charge is -2.53. The van der Waals surface area contributed by atoms with Gasteiger partial charge in [0, 0.05) is 41.0 Å². The van der Waals surface area contributed by atoms with Gasteiger partial charge in [0.15, 0.2) is 11.6 Å². The Balaban J connectivity index is 1.80. The van der Waals surface area contributed by atoms with Gasteiger partial charge >= 0.3 is 0 Å². The smallest absolute Gasteiger partial charge is 0.229 e. The first-order chi connectivity index (χ1) is 13.5. The zero-order valence-electron chi connectivity index (χ0n) is 17.9. The van der Waals surface area contributed by atoms with E-state index in [0.717, 1.165) is 19.0 Å². The summed E-state index contributed by atoms with van der Waals surface area (Å²) in [5.74, 6) is 0.425. The molecule has 1 aliphatic rings. The largest absolute Gasteiger partial charge is 0.508 e. The van der Waals surface area contributed by atoms with Crippen molar-refractivity contribution in [2.24, 2.45) is 0 Å². The summed E-state index contributed by atoms with van der Waals surface area (Å²) in [5, 5.41) is 16.1. The van der Waals surface area contributed by atoms with Crippen LogP contribution < -0.4 is 15.4 Å². The van der Waals surface area contributed by atoms with Gasteiger partial charge < -0.3 is 20.5 Å². The Kier molecular flexibility index (Phi) is 5.58. The van der Waals surface area contributed by atoms with E-state index in [0.29, 0.717) is 11.4 Å². The van der Waals surface area contributed by atoms with Crippen molar-refractivity contribution in [3.05, 3.63) is 30.2 Å². The Morgan fingerprint density at radius 2 is 1.83 bits per heavy atom. The van der Waals surface area contributed by atoms with Crippen LogP contribution in [0.1, 0.15) is 40.5 Å². The lowest BCUT2D eigenvalue weighted by molar-refractivity contribution is -0.00778. The second kappa shape index (κ2) is 7.67. The molecule has 2 aromatic rings. The van der Waals surface area contributed by atoms with Crippen LogP contribution >= 0.6 is 0 Å². The van der Waals surface area contributed by atoms with Crippen LogP contribution in [0.2, 0.25) is 0 Å². The Hall–Kier alpha value is -2.61. The van der Waals surface area contributed by atoms with Crippen molar-refractivity contribution in [1.82, 2.24) is 14.9 Å². The predicted molar refractivity (Wildman–Crippen MR) is 112 cm³/mol. The van der Waals surface area contributed by atoms with E-state index < -0.39 is 5.82 Å². The van der Waals surface area contributed by atoms with Crippen LogP contribution in [0.25, 0.3) is 0 Å². The molecular formula is C21H30FN5O2. The van der Waals surface area contributed by atoms with Gasteiger partial charge in [-0.1, -0.05) is 0 Å². The average molecular weight is 404 g/mol. The summed E-state index contributed by atoms with van der Waals surface area (Å²) in [6.07, 6.45) is 2.87. The summed E-state index contributed by atoms with van der Waals surface area (Å²) in [7, 11) is 3.65. The lowest BCUT2D eigenvalue weighted by Crippen LogP contribution is -2.61. The van der Waals surface area contributed by atoms with Gasteiger partial charge in [0.05, 0.1) is 13.3 Å². The number of aromatic hydroxyl groups is 1. The van der Waals surface area contributed by atoms with Gasteiger partial charge in [-0.2, -0.15) is 4.98 Å². The van der Waals surface area contributed by atoms with Crippen LogP contribution in [0.4, 0.5) is 21.8 Å². The van der Waals surface area contributed by atoms with Gasteiger partial charge in [0.25, 0.3) is 0 Å². The van der Waals surface area contributed by atoms with Crippen LogP contribution in [0, 0.1) is 5.82 Å². The second-order valence-corrected chi connectivity index (χ2v) is 8.87. The fourth-order valence-electron chi connectivity index (χ4n) is 4.10. The minimum atomic E-state index is -0.501. The van der Waals surface area contributed by atoms with Gasteiger partial charge in [-0.3, -0.25) is 4.90 Å². The third-order valence-corrected chi connectivity index (χ3v) is 5.78. The summed E-state index contributed by atoms with van der Waals surface area (Å²) in [4.78, 5) is 10.7. The van der Waals surface area contributed by atoms with Gasteiger partial charge in [-0.05, 0) is 47.6 Å². The molecule has 1 aromatic heterocycles. The van der Waals surface area contributed by atoms with Crippen molar-refractivity contribution < 1.29 is 14.2 Å². The van der Waals surface area contributed by atoms with Crippen molar-refractivity contribution in [3.8, 4) is 11.5 Å². The second-order valence-electron chi connectivity index (χ2n) is 8.87.